The lowest BCUT2D eigenvalue weighted by molar-refractivity contribution is -0.0462. The molecule has 6 nitrogen and oxygen atoms in total. The van der Waals surface area contributed by atoms with Crippen LogP contribution in [0.25, 0.3) is 0 Å². The normalized spacial score (nSPS) is 23.4. The SMILES string of the molecule is Cc1cc(C(=O)N(Cc2ccccc2)C[C@]2(O)CCO[C@H]2C)on1. The van der Waals surface area contributed by atoms with Crippen molar-refractivity contribution in [1.82, 2.24) is 10.1 Å². The summed E-state index contributed by atoms with van der Waals surface area (Å²) in [5, 5.41) is 14.6. The van der Waals surface area contributed by atoms with E-state index in [2.05, 4.69) is 5.16 Å². The fourth-order valence-electron chi connectivity index (χ4n) is 2.93. The molecule has 128 valence electrons. The molecule has 1 amide bonds. The van der Waals surface area contributed by atoms with E-state index < -0.39 is 5.60 Å². The summed E-state index contributed by atoms with van der Waals surface area (Å²) in [6.45, 7) is 4.65. The smallest absolute Gasteiger partial charge is 0.292 e. The van der Waals surface area contributed by atoms with Crippen molar-refractivity contribution >= 4 is 5.91 Å². The van der Waals surface area contributed by atoms with Crippen LogP contribution in [0, 0.1) is 6.92 Å². The Balaban J connectivity index is 1.84. The monoisotopic (exact) mass is 330 g/mol. The molecular formula is C18H22N2O4. The van der Waals surface area contributed by atoms with Crippen LogP contribution in [0.4, 0.5) is 0 Å². The van der Waals surface area contributed by atoms with Gasteiger partial charge in [0, 0.05) is 25.6 Å². The minimum Gasteiger partial charge on any atom is -0.385 e. The van der Waals surface area contributed by atoms with E-state index in [9.17, 15) is 9.90 Å². The van der Waals surface area contributed by atoms with Gasteiger partial charge in [-0.15, -0.1) is 0 Å². The highest BCUT2D eigenvalue weighted by Crippen LogP contribution is 2.28. The van der Waals surface area contributed by atoms with Gasteiger partial charge in [0.15, 0.2) is 0 Å². The highest BCUT2D eigenvalue weighted by molar-refractivity contribution is 5.91. The van der Waals surface area contributed by atoms with Crippen LogP contribution in [0.2, 0.25) is 0 Å². The molecule has 0 radical (unpaired) electrons. The molecule has 0 bridgehead atoms. The van der Waals surface area contributed by atoms with Crippen LogP contribution in [0.5, 0.6) is 0 Å². The van der Waals surface area contributed by atoms with Gasteiger partial charge in [0.05, 0.1) is 18.3 Å². The standard InChI is InChI=1S/C18H22N2O4/c1-13-10-16(24-19-13)17(21)20(11-15-6-4-3-5-7-15)12-18(22)8-9-23-14(18)2/h3-7,10,14,22H,8-9,11-12H2,1-2H3/t14-,18+/m0/s1. The summed E-state index contributed by atoms with van der Waals surface area (Å²) in [4.78, 5) is 14.4. The molecule has 6 heteroatoms. The van der Waals surface area contributed by atoms with Gasteiger partial charge in [0.25, 0.3) is 5.91 Å². The summed E-state index contributed by atoms with van der Waals surface area (Å²) in [5.74, 6) is -0.106. The van der Waals surface area contributed by atoms with Gasteiger partial charge < -0.3 is 19.3 Å². The Labute approximate surface area is 141 Å². The Bertz CT molecular complexity index is 700. The first kappa shape index (κ1) is 16.7. The van der Waals surface area contributed by atoms with Crippen molar-refractivity contribution in [2.75, 3.05) is 13.2 Å². The number of rotatable bonds is 5. The van der Waals surface area contributed by atoms with E-state index in [1.807, 2.05) is 37.3 Å². The third-order valence-electron chi connectivity index (χ3n) is 4.47. The van der Waals surface area contributed by atoms with Crippen LogP contribution < -0.4 is 0 Å². The zero-order valence-electron chi connectivity index (χ0n) is 13.9. The largest absolute Gasteiger partial charge is 0.385 e. The quantitative estimate of drug-likeness (QED) is 0.909. The van der Waals surface area contributed by atoms with E-state index in [-0.39, 0.29) is 24.3 Å². The van der Waals surface area contributed by atoms with E-state index in [0.29, 0.717) is 25.3 Å². The van der Waals surface area contributed by atoms with Crippen molar-refractivity contribution in [3.63, 3.8) is 0 Å². The number of hydrogen-bond acceptors (Lipinski definition) is 5. The van der Waals surface area contributed by atoms with Gasteiger partial charge in [-0.2, -0.15) is 0 Å². The number of aryl methyl sites for hydroxylation is 1. The van der Waals surface area contributed by atoms with E-state index in [4.69, 9.17) is 9.26 Å². The molecule has 1 aromatic carbocycles. The van der Waals surface area contributed by atoms with Gasteiger partial charge in [-0.3, -0.25) is 4.79 Å². The molecule has 0 aliphatic carbocycles. The maximum atomic E-state index is 12.8. The zero-order valence-corrected chi connectivity index (χ0v) is 13.9. The second kappa shape index (κ2) is 6.75. The predicted molar refractivity (Wildman–Crippen MR) is 87.4 cm³/mol. The molecule has 0 unspecified atom stereocenters. The number of aromatic nitrogens is 1. The molecule has 1 N–H and O–H groups in total. The number of benzene rings is 1. The zero-order chi connectivity index (χ0) is 17.2. The van der Waals surface area contributed by atoms with Gasteiger partial charge in [0.2, 0.25) is 5.76 Å². The number of hydrogen-bond donors (Lipinski definition) is 1. The van der Waals surface area contributed by atoms with E-state index in [1.165, 1.54) is 0 Å². The highest BCUT2D eigenvalue weighted by Gasteiger charge is 2.42. The first-order valence-electron chi connectivity index (χ1n) is 8.08. The van der Waals surface area contributed by atoms with Gasteiger partial charge in [-0.05, 0) is 19.4 Å². The Kier molecular flexibility index (Phi) is 4.69. The second-order valence-electron chi connectivity index (χ2n) is 6.35. The van der Waals surface area contributed by atoms with E-state index >= 15 is 0 Å². The number of amides is 1. The summed E-state index contributed by atoms with van der Waals surface area (Å²) in [5.41, 5.74) is 0.575. The molecule has 24 heavy (non-hydrogen) atoms. The van der Waals surface area contributed by atoms with Crippen LogP contribution in [0.3, 0.4) is 0 Å². The predicted octanol–water partition coefficient (Wildman–Crippen LogP) is 2.17. The third-order valence-corrected chi connectivity index (χ3v) is 4.47. The van der Waals surface area contributed by atoms with E-state index in [1.54, 1.807) is 17.9 Å². The molecule has 1 aromatic heterocycles. The fraction of sp³-hybridized carbons (Fsp3) is 0.444. The molecule has 2 atom stereocenters. The Morgan fingerprint density at radius 2 is 2.17 bits per heavy atom. The number of ether oxygens (including phenoxy) is 1. The first-order chi connectivity index (χ1) is 11.5. The highest BCUT2D eigenvalue weighted by atomic mass is 16.5. The number of carbonyl (C=O) groups excluding carboxylic acids is 1. The number of nitrogens with zero attached hydrogens (tertiary/aromatic N) is 2. The second-order valence-corrected chi connectivity index (χ2v) is 6.35. The van der Waals surface area contributed by atoms with Crippen molar-refractivity contribution in [2.24, 2.45) is 0 Å². The summed E-state index contributed by atoms with van der Waals surface area (Å²) >= 11 is 0. The fourth-order valence-corrected chi connectivity index (χ4v) is 2.93. The molecule has 0 saturated carbocycles. The Hall–Kier alpha value is -2.18. The molecule has 1 aliphatic rings. The molecule has 2 heterocycles. The lowest BCUT2D eigenvalue weighted by Crippen LogP contribution is -2.49. The maximum absolute atomic E-state index is 12.8. The molecule has 3 rings (SSSR count). The van der Waals surface area contributed by atoms with E-state index in [0.717, 1.165) is 5.56 Å². The van der Waals surface area contributed by atoms with Gasteiger partial charge >= 0.3 is 0 Å². The summed E-state index contributed by atoms with van der Waals surface area (Å²) in [6.07, 6.45) is 0.183. The average molecular weight is 330 g/mol. The average Bonchev–Trinajstić information content (AvgIpc) is 3.14. The summed E-state index contributed by atoms with van der Waals surface area (Å²) in [6, 6.07) is 11.3. The van der Waals surface area contributed by atoms with Crippen molar-refractivity contribution < 1.29 is 19.2 Å². The minimum atomic E-state index is -1.06. The summed E-state index contributed by atoms with van der Waals surface area (Å²) in [7, 11) is 0. The summed E-state index contributed by atoms with van der Waals surface area (Å²) < 4.78 is 10.6. The number of carbonyl (C=O) groups is 1. The molecule has 1 aliphatic heterocycles. The van der Waals surface area contributed by atoms with Crippen LogP contribution >= 0.6 is 0 Å². The maximum Gasteiger partial charge on any atom is 0.292 e. The molecule has 0 spiro atoms. The van der Waals surface area contributed by atoms with Crippen LogP contribution in [0.15, 0.2) is 40.9 Å². The molecule has 1 fully saturated rings. The van der Waals surface area contributed by atoms with Crippen LogP contribution in [-0.2, 0) is 11.3 Å². The van der Waals surface area contributed by atoms with Gasteiger partial charge in [-0.25, -0.2) is 0 Å². The number of aliphatic hydroxyl groups is 1. The van der Waals surface area contributed by atoms with Crippen LogP contribution in [0.1, 0.15) is 35.2 Å². The van der Waals surface area contributed by atoms with Crippen molar-refractivity contribution in [3.05, 3.63) is 53.4 Å². The van der Waals surface area contributed by atoms with Crippen molar-refractivity contribution in [3.8, 4) is 0 Å². The Morgan fingerprint density at radius 3 is 2.75 bits per heavy atom. The molecule has 1 saturated heterocycles. The lowest BCUT2D eigenvalue weighted by atomic mass is 9.95. The third kappa shape index (κ3) is 3.49. The van der Waals surface area contributed by atoms with Crippen LogP contribution in [-0.4, -0.2) is 45.9 Å². The minimum absolute atomic E-state index is 0.179. The lowest BCUT2D eigenvalue weighted by Gasteiger charge is -2.33. The van der Waals surface area contributed by atoms with Crippen molar-refractivity contribution in [1.29, 1.82) is 0 Å². The molecule has 2 aromatic rings. The first-order valence-corrected chi connectivity index (χ1v) is 8.08. The van der Waals surface area contributed by atoms with Gasteiger partial charge in [0.1, 0.15) is 5.60 Å². The molecular weight excluding hydrogens is 308 g/mol. The topological polar surface area (TPSA) is 75.8 Å². The van der Waals surface area contributed by atoms with Crippen molar-refractivity contribution in [2.45, 2.75) is 38.5 Å². The Morgan fingerprint density at radius 1 is 1.42 bits per heavy atom. The van der Waals surface area contributed by atoms with Gasteiger partial charge in [-0.1, -0.05) is 35.5 Å².